The van der Waals surface area contributed by atoms with Crippen LogP contribution >= 0.6 is 0 Å². The van der Waals surface area contributed by atoms with Crippen molar-refractivity contribution in [3.8, 4) is 0 Å². The summed E-state index contributed by atoms with van der Waals surface area (Å²) < 4.78 is 11.0. The van der Waals surface area contributed by atoms with Crippen molar-refractivity contribution >= 4 is 0 Å². The number of rotatable bonds is 8. The Morgan fingerprint density at radius 1 is 1.41 bits per heavy atom. The Morgan fingerprint density at radius 3 is 2.71 bits per heavy atom. The lowest BCUT2D eigenvalue weighted by Crippen LogP contribution is -2.46. The van der Waals surface area contributed by atoms with Crippen molar-refractivity contribution < 1.29 is 14.6 Å². The molecule has 1 atom stereocenters. The molecule has 4 nitrogen and oxygen atoms in total. The average molecular weight is 245 g/mol. The van der Waals surface area contributed by atoms with Crippen molar-refractivity contribution in [2.75, 3.05) is 39.6 Å². The fourth-order valence-corrected chi connectivity index (χ4v) is 2.11. The number of likely N-dealkylation sites (N-methyl/N-ethyl adjacent to an activating group) is 1. The summed E-state index contributed by atoms with van der Waals surface area (Å²) in [6.07, 6.45) is 3.08. The van der Waals surface area contributed by atoms with E-state index in [0.717, 1.165) is 45.6 Å². The summed E-state index contributed by atoms with van der Waals surface area (Å²) in [5, 5.41) is 12.6. The zero-order valence-corrected chi connectivity index (χ0v) is 11.2. The highest BCUT2D eigenvalue weighted by molar-refractivity contribution is 4.81. The van der Waals surface area contributed by atoms with Crippen molar-refractivity contribution in [1.82, 2.24) is 5.32 Å². The van der Waals surface area contributed by atoms with Gasteiger partial charge in [-0.25, -0.2) is 0 Å². The summed E-state index contributed by atoms with van der Waals surface area (Å²) >= 11 is 0. The Morgan fingerprint density at radius 2 is 2.12 bits per heavy atom. The van der Waals surface area contributed by atoms with Crippen molar-refractivity contribution in [1.29, 1.82) is 0 Å². The summed E-state index contributed by atoms with van der Waals surface area (Å²) in [5.41, 5.74) is -0.204. The Labute approximate surface area is 105 Å². The second kappa shape index (κ2) is 8.03. The van der Waals surface area contributed by atoms with Gasteiger partial charge in [-0.05, 0) is 38.6 Å². The summed E-state index contributed by atoms with van der Waals surface area (Å²) in [4.78, 5) is 0. The fourth-order valence-electron chi connectivity index (χ4n) is 2.11. The van der Waals surface area contributed by atoms with Gasteiger partial charge in [0.25, 0.3) is 0 Å². The first-order valence-electron chi connectivity index (χ1n) is 6.71. The van der Waals surface area contributed by atoms with Crippen LogP contribution in [0.25, 0.3) is 0 Å². The smallest absolute Gasteiger partial charge is 0.0611 e. The lowest BCUT2D eigenvalue weighted by Gasteiger charge is -2.29. The van der Waals surface area contributed by atoms with Crippen LogP contribution in [-0.2, 0) is 9.47 Å². The number of hydrogen-bond acceptors (Lipinski definition) is 4. The van der Waals surface area contributed by atoms with Crippen LogP contribution in [0.2, 0.25) is 0 Å². The topological polar surface area (TPSA) is 50.7 Å². The SMILES string of the molecule is CCNC(C)(CO)CCOCC1CCOCC1. The largest absolute Gasteiger partial charge is 0.394 e. The van der Waals surface area contributed by atoms with Crippen LogP contribution in [0, 0.1) is 5.92 Å². The van der Waals surface area contributed by atoms with Crippen LogP contribution < -0.4 is 5.32 Å². The van der Waals surface area contributed by atoms with Gasteiger partial charge in [0.05, 0.1) is 6.61 Å². The molecule has 1 saturated heterocycles. The van der Waals surface area contributed by atoms with E-state index in [-0.39, 0.29) is 12.1 Å². The third-order valence-corrected chi connectivity index (χ3v) is 3.45. The van der Waals surface area contributed by atoms with Crippen molar-refractivity contribution in [2.24, 2.45) is 5.92 Å². The van der Waals surface area contributed by atoms with Crippen LogP contribution in [0.4, 0.5) is 0 Å². The molecule has 17 heavy (non-hydrogen) atoms. The van der Waals surface area contributed by atoms with Gasteiger partial charge in [0, 0.05) is 32.0 Å². The molecule has 1 heterocycles. The molecule has 4 heteroatoms. The first-order valence-corrected chi connectivity index (χ1v) is 6.71. The molecule has 0 bridgehead atoms. The second-order valence-corrected chi connectivity index (χ2v) is 5.13. The zero-order chi connectivity index (χ0) is 12.6. The van der Waals surface area contributed by atoms with Gasteiger partial charge in [0.2, 0.25) is 0 Å². The molecule has 1 rings (SSSR count). The molecule has 0 aromatic carbocycles. The molecule has 0 saturated carbocycles. The monoisotopic (exact) mass is 245 g/mol. The number of nitrogens with one attached hydrogen (secondary N) is 1. The van der Waals surface area contributed by atoms with Crippen molar-refractivity contribution in [3.63, 3.8) is 0 Å². The minimum atomic E-state index is -0.204. The molecule has 0 spiro atoms. The molecule has 0 aromatic rings. The molecule has 0 aliphatic carbocycles. The van der Waals surface area contributed by atoms with E-state index in [1.807, 2.05) is 6.92 Å². The first kappa shape index (κ1) is 14.9. The molecule has 0 aromatic heterocycles. The molecule has 0 amide bonds. The quantitative estimate of drug-likeness (QED) is 0.631. The molecule has 102 valence electrons. The van der Waals surface area contributed by atoms with Gasteiger partial charge < -0.3 is 19.9 Å². The van der Waals surface area contributed by atoms with E-state index < -0.39 is 0 Å². The Hall–Kier alpha value is -0.160. The fraction of sp³-hybridized carbons (Fsp3) is 1.00. The molecule has 0 radical (unpaired) electrons. The van der Waals surface area contributed by atoms with Crippen LogP contribution in [-0.4, -0.2) is 50.2 Å². The molecular formula is C13H27NO3. The molecule has 1 unspecified atom stereocenters. The standard InChI is InChI=1S/C13H27NO3/c1-3-14-13(2,11-15)6-9-17-10-12-4-7-16-8-5-12/h12,14-15H,3-11H2,1-2H3. The molecule has 1 aliphatic heterocycles. The van der Waals surface area contributed by atoms with Crippen molar-refractivity contribution in [3.05, 3.63) is 0 Å². The zero-order valence-electron chi connectivity index (χ0n) is 11.2. The van der Waals surface area contributed by atoms with Crippen LogP contribution in [0.15, 0.2) is 0 Å². The molecule has 2 N–H and O–H groups in total. The predicted octanol–water partition coefficient (Wildman–Crippen LogP) is 1.18. The van der Waals surface area contributed by atoms with E-state index in [4.69, 9.17) is 9.47 Å². The lowest BCUT2D eigenvalue weighted by molar-refractivity contribution is 0.0131. The third-order valence-electron chi connectivity index (χ3n) is 3.45. The van der Waals surface area contributed by atoms with Gasteiger partial charge >= 0.3 is 0 Å². The van der Waals surface area contributed by atoms with Gasteiger partial charge in [-0.2, -0.15) is 0 Å². The maximum atomic E-state index is 9.33. The molecule has 1 fully saturated rings. The third kappa shape index (κ3) is 5.82. The summed E-state index contributed by atoms with van der Waals surface area (Å²) in [7, 11) is 0. The van der Waals surface area contributed by atoms with Crippen LogP contribution in [0.1, 0.15) is 33.1 Å². The van der Waals surface area contributed by atoms with E-state index in [1.165, 1.54) is 0 Å². The molecule has 1 aliphatic rings. The Bertz CT molecular complexity index is 195. The summed E-state index contributed by atoms with van der Waals surface area (Å²) in [5.74, 6) is 0.656. The van der Waals surface area contributed by atoms with Gasteiger partial charge in [0.1, 0.15) is 0 Å². The number of hydrogen-bond donors (Lipinski definition) is 2. The van der Waals surface area contributed by atoms with Gasteiger partial charge in [-0.15, -0.1) is 0 Å². The number of aliphatic hydroxyl groups excluding tert-OH is 1. The van der Waals surface area contributed by atoms with E-state index in [9.17, 15) is 5.11 Å². The molecular weight excluding hydrogens is 218 g/mol. The van der Waals surface area contributed by atoms with Gasteiger partial charge in [-0.1, -0.05) is 6.92 Å². The number of aliphatic hydroxyl groups is 1. The lowest BCUT2D eigenvalue weighted by atomic mass is 9.99. The van der Waals surface area contributed by atoms with Gasteiger partial charge in [0.15, 0.2) is 0 Å². The highest BCUT2D eigenvalue weighted by Gasteiger charge is 2.21. The minimum Gasteiger partial charge on any atom is -0.394 e. The maximum Gasteiger partial charge on any atom is 0.0611 e. The Kier molecular flexibility index (Phi) is 7.04. The highest BCUT2D eigenvalue weighted by atomic mass is 16.5. The minimum absolute atomic E-state index is 0.154. The van der Waals surface area contributed by atoms with Gasteiger partial charge in [-0.3, -0.25) is 0 Å². The highest BCUT2D eigenvalue weighted by Crippen LogP contribution is 2.15. The predicted molar refractivity (Wildman–Crippen MR) is 68.1 cm³/mol. The van der Waals surface area contributed by atoms with Crippen molar-refractivity contribution in [2.45, 2.75) is 38.6 Å². The van der Waals surface area contributed by atoms with E-state index >= 15 is 0 Å². The normalized spacial score (nSPS) is 21.4. The van der Waals surface area contributed by atoms with Crippen LogP contribution in [0.5, 0.6) is 0 Å². The van der Waals surface area contributed by atoms with Crippen LogP contribution in [0.3, 0.4) is 0 Å². The van der Waals surface area contributed by atoms with E-state index in [0.29, 0.717) is 12.5 Å². The van der Waals surface area contributed by atoms with E-state index in [2.05, 4.69) is 12.2 Å². The van der Waals surface area contributed by atoms with E-state index in [1.54, 1.807) is 0 Å². The summed E-state index contributed by atoms with van der Waals surface area (Å²) in [6, 6.07) is 0. The Balaban J connectivity index is 2.09. The maximum absolute atomic E-state index is 9.33. The first-order chi connectivity index (χ1) is 8.20. The average Bonchev–Trinajstić information content (AvgIpc) is 2.36. The second-order valence-electron chi connectivity index (χ2n) is 5.13. The summed E-state index contributed by atoms with van der Waals surface area (Å²) in [6.45, 7) is 8.40. The number of ether oxygens (including phenoxy) is 2.